The molecule has 2 aromatic rings. The number of nitrogens with one attached hydrogen (secondary N) is 2. The van der Waals surface area contributed by atoms with E-state index in [4.69, 9.17) is 0 Å². The molecule has 1 fully saturated rings. The summed E-state index contributed by atoms with van der Waals surface area (Å²) in [5.41, 5.74) is -0.315. The molecule has 2 N–H and O–H groups in total. The Bertz CT molecular complexity index is 1050. The van der Waals surface area contributed by atoms with E-state index in [0.717, 1.165) is 9.47 Å². The summed E-state index contributed by atoms with van der Waals surface area (Å²) in [6.07, 6.45) is 1.55. The highest BCUT2D eigenvalue weighted by atomic mass is 16.2. The van der Waals surface area contributed by atoms with Gasteiger partial charge < -0.3 is 10.3 Å². The molecular formula is C17H22N6O5. The maximum atomic E-state index is 12.1. The van der Waals surface area contributed by atoms with E-state index in [1.165, 1.54) is 11.6 Å². The molecule has 11 nitrogen and oxygen atoms in total. The Hall–Kier alpha value is -3.24. The highest BCUT2D eigenvalue weighted by Gasteiger charge is 2.28. The highest BCUT2D eigenvalue weighted by molar-refractivity contribution is 6.02. The number of imidazole rings is 1. The molecule has 28 heavy (non-hydrogen) atoms. The van der Waals surface area contributed by atoms with E-state index in [0.29, 0.717) is 30.9 Å². The Morgan fingerprint density at radius 2 is 1.79 bits per heavy atom. The molecule has 0 bridgehead atoms. The third-order valence-corrected chi connectivity index (χ3v) is 4.77. The average Bonchev–Trinajstić information content (AvgIpc) is 3.24. The molecule has 1 saturated heterocycles. The van der Waals surface area contributed by atoms with Crippen LogP contribution in [0, 0.1) is 0 Å². The maximum absolute atomic E-state index is 12.1. The first-order chi connectivity index (χ1) is 13.3. The van der Waals surface area contributed by atoms with E-state index in [9.17, 15) is 24.0 Å². The number of fused-ring (bicyclic) bond motifs is 1. The number of imide groups is 1. The van der Waals surface area contributed by atoms with E-state index in [-0.39, 0.29) is 49.0 Å². The number of rotatable bonds is 7. The van der Waals surface area contributed by atoms with Gasteiger partial charge in [-0.3, -0.25) is 33.2 Å². The Morgan fingerprint density at radius 3 is 2.46 bits per heavy atom. The van der Waals surface area contributed by atoms with E-state index in [1.54, 1.807) is 7.05 Å². The standard InChI is InChI=1S/C17H22N6O5/c1-21-15-14(16(27)22(2)17(21)28)19-10(20-15)4-3-8-18-11(24)7-9-23-12(25)5-6-13(23)26/h3-9H2,1-2H3,(H,18,24)(H,19,20). The SMILES string of the molecule is Cn1c(=O)c2[nH]c(CCCNC(=O)CCN3C(=O)CCC3=O)nc2n(C)c1=O. The van der Waals surface area contributed by atoms with Crippen LogP contribution in [0.5, 0.6) is 0 Å². The van der Waals surface area contributed by atoms with Gasteiger partial charge in [-0.1, -0.05) is 0 Å². The molecule has 11 heteroatoms. The molecule has 0 aromatic carbocycles. The van der Waals surface area contributed by atoms with Gasteiger partial charge in [0, 0.05) is 52.9 Å². The van der Waals surface area contributed by atoms with Crippen LogP contribution in [-0.4, -0.2) is 54.8 Å². The minimum absolute atomic E-state index is 0.0697. The summed E-state index contributed by atoms with van der Waals surface area (Å²) in [5, 5.41) is 2.73. The van der Waals surface area contributed by atoms with Gasteiger partial charge in [0.15, 0.2) is 5.65 Å². The van der Waals surface area contributed by atoms with Crippen molar-refractivity contribution in [2.24, 2.45) is 14.1 Å². The van der Waals surface area contributed by atoms with Crippen molar-refractivity contribution in [1.82, 2.24) is 29.3 Å². The van der Waals surface area contributed by atoms with E-state index >= 15 is 0 Å². The summed E-state index contributed by atoms with van der Waals surface area (Å²) >= 11 is 0. The van der Waals surface area contributed by atoms with Gasteiger partial charge in [-0.2, -0.15) is 0 Å². The first kappa shape index (κ1) is 19.5. The number of amides is 3. The first-order valence-corrected chi connectivity index (χ1v) is 9.04. The minimum atomic E-state index is -0.447. The summed E-state index contributed by atoms with van der Waals surface area (Å²) in [7, 11) is 2.95. The van der Waals surface area contributed by atoms with Crippen LogP contribution in [-0.2, 0) is 34.9 Å². The summed E-state index contributed by atoms with van der Waals surface area (Å²) < 4.78 is 2.32. The summed E-state index contributed by atoms with van der Waals surface area (Å²) in [6, 6.07) is 0. The van der Waals surface area contributed by atoms with Gasteiger partial charge in [-0.15, -0.1) is 0 Å². The lowest BCUT2D eigenvalue weighted by atomic mass is 10.3. The lowest BCUT2D eigenvalue weighted by molar-refractivity contribution is -0.138. The molecule has 3 rings (SSSR count). The van der Waals surface area contributed by atoms with Crippen LogP contribution in [0.4, 0.5) is 0 Å². The normalized spacial score (nSPS) is 14.3. The van der Waals surface area contributed by atoms with Gasteiger partial charge in [0.1, 0.15) is 11.3 Å². The second-order valence-corrected chi connectivity index (χ2v) is 6.73. The Morgan fingerprint density at radius 1 is 1.11 bits per heavy atom. The highest BCUT2D eigenvalue weighted by Crippen LogP contribution is 2.11. The van der Waals surface area contributed by atoms with Gasteiger partial charge in [-0.05, 0) is 6.42 Å². The third-order valence-electron chi connectivity index (χ3n) is 4.77. The van der Waals surface area contributed by atoms with E-state index in [2.05, 4.69) is 15.3 Å². The number of aromatic nitrogens is 4. The second kappa shape index (κ2) is 7.79. The number of nitrogens with zero attached hydrogens (tertiary/aromatic N) is 4. The fraction of sp³-hybridized carbons (Fsp3) is 0.529. The van der Waals surface area contributed by atoms with Gasteiger partial charge in [0.05, 0.1) is 0 Å². The predicted octanol–water partition coefficient (Wildman–Crippen LogP) is -1.45. The van der Waals surface area contributed by atoms with Gasteiger partial charge in [0.2, 0.25) is 17.7 Å². The van der Waals surface area contributed by atoms with Crippen molar-refractivity contribution >= 4 is 28.9 Å². The molecular weight excluding hydrogens is 368 g/mol. The fourth-order valence-electron chi connectivity index (χ4n) is 3.15. The average molecular weight is 390 g/mol. The van der Waals surface area contributed by atoms with Crippen molar-refractivity contribution in [2.75, 3.05) is 13.1 Å². The van der Waals surface area contributed by atoms with Crippen LogP contribution in [0.25, 0.3) is 11.2 Å². The van der Waals surface area contributed by atoms with Crippen molar-refractivity contribution < 1.29 is 14.4 Å². The zero-order valence-corrected chi connectivity index (χ0v) is 15.8. The lowest BCUT2D eigenvalue weighted by Gasteiger charge is -2.13. The molecule has 2 aromatic heterocycles. The number of hydrogen-bond donors (Lipinski definition) is 2. The summed E-state index contributed by atoms with van der Waals surface area (Å²) in [6.45, 7) is 0.485. The molecule has 1 aliphatic heterocycles. The number of hydrogen-bond acceptors (Lipinski definition) is 6. The Balaban J connectivity index is 1.49. The van der Waals surface area contributed by atoms with Crippen molar-refractivity contribution in [3.05, 3.63) is 26.7 Å². The molecule has 1 aliphatic rings. The largest absolute Gasteiger partial charge is 0.356 e. The van der Waals surface area contributed by atoms with Gasteiger partial charge in [-0.25, -0.2) is 9.78 Å². The van der Waals surface area contributed by atoms with Gasteiger partial charge in [0.25, 0.3) is 5.56 Å². The van der Waals surface area contributed by atoms with Crippen molar-refractivity contribution in [3.63, 3.8) is 0 Å². The molecule has 0 spiro atoms. The smallest absolute Gasteiger partial charge is 0.332 e. The number of aromatic amines is 1. The topological polar surface area (TPSA) is 139 Å². The van der Waals surface area contributed by atoms with Crippen molar-refractivity contribution in [1.29, 1.82) is 0 Å². The number of carbonyl (C=O) groups excluding carboxylic acids is 3. The van der Waals surface area contributed by atoms with E-state index in [1.807, 2.05) is 0 Å². The van der Waals surface area contributed by atoms with Crippen LogP contribution in [0.2, 0.25) is 0 Å². The summed E-state index contributed by atoms with van der Waals surface area (Å²) in [5.74, 6) is -0.157. The molecule has 0 atom stereocenters. The van der Waals surface area contributed by atoms with Crippen LogP contribution >= 0.6 is 0 Å². The number of likely N-dealkylation sites (tertiary alicyclic amines) is 1. The van der Waals surface area contributed by atoms with E-state index < -0.39 is 11.2 Å². The predicted molar refractivity (Wildman–Crippen MR) is 98.5 cm³/mol. The van der Waals surface area contributed by atoms with Crippen molar-refractivity contribution in [2.45, 2.75) is 32.1 Å². The fourth-order valence-corrected chi connectivity index (χ4v) is 3.15. The number of aryl methyl sites for hydroxylation is 2. The zero-order valence-electron chi connectivity index (χ0n) is 15.8. The minimum Gasteiger partial charge on any atom is -0.356 e. The summed E-state index contributed by atoms with van der Waals surface area (Å²) in [4.78, 5) is 67.3. The Labute approximate surface area is 159 Å². The first-order valence-electron chi connectivity index (χ1n) is 9.04. The number of carbonyl (C=O) groups is 3. The molecule has 0 unspecified atom stereocenters. The Kier molecular flexibility index (Phi) is 5.43. The van der Waals surface area contributed by atoms with Crippen LogP contribution < -0.4 is 16.6 Å². The molecule has 3 amide bonds. The lowest BCUT2D eigenvalue weighted by Crippen LogP contribution is -2.36. The zero-order chi connectivity index (χ0) is 20.4. The van der Waals surface area contributed by atoms with Gasteiger partial charge >= 0.3 is 5.69 Å². The van der Waals surface area contributed by atoms with Crippen LogP contribution in [0.1, 0.15) is 31.5 Å². The second-order valence-electron chi connectivity index (χ2n) is 6.73. The van der Waals surface area contributed by atoms with Crippen molar-refractivity contribution in [3.8, 4) is 0 Å². The third kappa shape index (κ3) is 3.73. The molecule has 0 saturated carbocycles. The maximum Gasteiger partial charge on any atom is 0.332 e. The van der Waals surface area contributed by atoms with Crippen LogP contribution in [0.3, 0.4) is 0 Å². The molecule has 3 heterocycles. The van der Waals surface area contributed by atoms with Crippen LogP contribution in [0.15, 0.2) is 9.59 Å². The number of H-pyrrole nitrogens is 1. The molecule has 0 radical (unpaired) electrons. The molecule has 150 valence electrons. The molecule has 0 aliphatic carbocycles. The quantitative estimate of drug-likeness (QED) is 0.438. The monoisotopic (exact) mass is 390 g/mol.